The van der Waals surface area contributed by atoms with Gasteiger partial charge in [0.2, 0.25) is 10.0 Å². The number of aromatic nitrogens is 4. The lowest BCUT2D eigenvalue weighted by atomic mass is 10.2. The number of rotatable bonds is 4. The molecule has 1 heterocycles. The quantitative estimate of drug-likeness (QED) is 0.883. The topological polar surface area (TPSA) is 101 Å². The minimum absolute atomic E-state index is 0.0233. The molecule has 0 saturated carbocycles. The Bertz CT molecular complexity index is 671. The van der Waals surface area contributed by atoms with Crippen LogP contribution in [-0.2, 0) is 10.0 Å². The molecule has 2 N–H and O–H groups in total. The molecule has 2 rings (SSSR count). The fourth-order valence-electron chi connectivity index (χ4n) is 1.53. The minimum Gasteiger partial charge on any atom is -0.207 e. The number of nitrogens with one attached hydrogen (secondary N) is 2. The van der Waals surface area contributed by atoms with Crippen LogP contribution in [0.15, 0.2) is 23.1 Å². The van der Waals surface area contributed by atoms with Crippen LogP contribution in [0.4, 0.5) is 0 Å². The van der Waals surface area contributed by atoms with Gasteiger partial charge >= 0.3 is 0 Å². The zero-order valence-electron chi connectivity index (χ0n) is 10.3. The van der Waals surface area contributed by atoms with Crippen LogP contribution in [0, 0.1) is 6.92 Å². The molecule has 0 spiro atoms. The Morgan fingerprint density at radius 1 is 1.42 bits per heavy atom. The highest BCUT2D eigenvalue weighted by Crippen LogP contribution is 2.23. The van der Waals surface area contributed by atoms with Crippen molar-refractivity contribution in [2.24, 2.45) is 0 Å². The molecule has 0 aliphatic carbocycles. The maximum Gasteiger partial charge on any atom is 0.242 e. The van der Waals surface area contributed by atoms with Gasteiger partial charge in [0, 0.05) is 0 Å². The van der Waals surface area contributed by atoms with E-state index in [0.29, 0.717) is 0 Å². The molecule has 0 aliphatic rings. The van der Waals surface area contributed by atoms with E-state index >= 15 is 0 Å². The third-order valence-electron chi connectivity index (χ3n) is 2.46. The Hall–Kier alpha value is -1.51. The monoisotopic (exact) mass is 301 g/mol. The normalized spacial score (nSPS) is 13.4. The first-order valence-electron chi connectivity index (χ1n) is 5.42. The molecule has 19 heavy (non-hydrogen) atoms. The maximum atomic E-state index is 12.2. The number of nitrogens with zero attached hydrogens (tertiary/aromatic N) is 3. The number of benzene rings is 1. The Morgan fingerprint density at radius 3 is 2.74 bits per heavy atom. The second-order valence-electron chi connectivity index (χ2n) is 4.05. The van der Waals surface area contributed by atoms with Gasteiger partial charge in [0.05, 0.1) is 11.1 Å². The number of halogens is 1. The molecule has 0 radical (unpaired) electrons. The fraction of sp³-hybridized carbons (Fsp3) is 0.300. The lowest BCUT2D eigenvalue weighted by Gasteiger charge is -2.12. The average Bonchev–Trinajstić information content (AvgIpc) is 2.80. The van der Waals surface area contributed by atoms with Crippen LogP contribution >= 0.6 is 11.6 Å². The van der Waals surface area contributed by atoms with E-state index in [4.69, 9.17) is 11.6 Å². The van der Waals surface area contributed by atoms with Crippen molar-refractivity contribution in [3.63, 3.8) is 0 Å². The Labute approximate surface area is 115 Å². The molecule has 0 amide bonds. The Morgan fingerprint density at radius 2 is 2.16 bits per heavy atom. The van der Waals surface area contributed by atoms with Gasteiger partial charge in [-0.15, -0.1) is 10.2 Å². The third kappa shape index (κ3) is 3.09. The van der Waals surface area contributed by atoms with Gasteiger partial charge in [0.1, 0.15) is 4.90 Å². The number of sulfonamides is 1. The van der Waals surface area contributed by atoms with Crippen LogP contribution in [0.25, 0.3) is 0 Å². The van der Waals surface area contributed by atoms with Gasteiger partial charge in [-0.2, -0.15) is 5.21 Å². The molecular weight excluding hydrogens is 290 g/mol. The first kappa shape index (κ1) is 13.9. The van der Waals surface area contributed by atoms with E-state index in [1.165, 1.54) is 6.07 Å². The number of aryl methyl sites for hydroxylation is 1. The predicted octanol–water partition coefficient (Wildman–Crippen LogP) is 1.20. The van der Waals surface area contributed by atoms with Gasteiger partial charge in [-0.05, 0) is 31.5 Å². The van der Waals surface area contributed by atoms with Crippen LogP contribution in [0.3, 0.4) is 0 Å². The molecule has 0 bridgehead atoms. The van der Waals surface area contributed by atoms with E-state index < -0.39 is 16.1 Å². The molecule has 1 aromatic heterocycles. The second-order valence-corrected chi connectivity index (χ2v) is 6.14. The number of H-pyrrole nitrogens is 1. The molecule has 1 aromatic carbocycles. The summed E-state index contributed by atoms with van der Waals surface area (Å²) in [7, 11) is -3.74. The van der Waals surface area contributed by atoms with Gasteiger partial charge in [-0.1, -0.05) is 22.9 Å². The molecule has 2 aromatic rings. The number of aromatic amines is 1. The van der Waals surface area contributed by atoms with Crippen LogP contribution in [0.5, 0.6) is 0 Å². The van der Waals surface area contributed by atoms with Crippen molar-refractivity contribution in [3.05, 3.63) is 34.6 Å². The van der Waals surface area contributed by atoms with E-state index in [9.17, 15) is 8.42 Å². The summed E-state index contributed by atoms with van der Waals surface area (Å²) in [5.74, 6) is 0.256. The van der Waals surface area contributed by atoms with Crippen molar-refractivity contribution >= 4 is 21.6 Å². The van der Waals surface area contributed by atoms with E-state index in [0.717, 1.165) is 5.56 Å². The molecule has 1 unspecified atom stereocenters. The molecule has 102 valence electrons. The van der Waals surface area contributed by atoms with E-state index in [2.05, 4.69) is 25.3 Å². The van der Waals surface area contributed by atoms with Gasteiger partial charge < -0.3 is 0 Å². The van der Waals surface area contributed by atoms with Crippen molar-refractivity contribution < 1.29 is 8.42 Å². The lowest BCUT2D eigenvalue weighted by Crippen LogP contribution is -2.27. The summed E-state index contributed by atoms with van der Waals surface area (Å²) in [5, 5.41) is 13.3. The van der Waals surface area contributed by atoms with E-state index in [-0.39, 0.29) is 15.7 Å². The molecule has 0 saturated heterocycles. The largest absolute Gasteiger partial charge is 0.242 e. The van der Waals surface area contributed by atoms with E-state index in [1.807, 2.05) is 6.92 Å². The Kier molecular flexibility index (Phi) is 3.83. The lowest BCUT2D eigenvalue weighted by molar-refractivity contribution is 0.560. The van der Waals surface area contributed by atoms with Crippen molar-refractivity contribution in [3.8, 4) is 0 Å². The third-order valence-corrected chi connectivity index (χ3v) is 4.48. The molecule has 7 nitrogen and oxygen atoms in total. The van der Waals surface area contributed by atoms with Crippen molar-refractivity contribution in [1.29, 1.82) is 0 Å². The van der Waals surface area contributed by atoms with Gasteiger partial charge in [0.15, 0.2) is 5.82 Å². The SMILES string of the molecule is Cc1ccc(S(=O)(=O)NC(C)c2nn[nH]n2)c(Cl)c1. The van der Waals surface area contributed by atoms with Crippen LogP contribution in [0.1, 0.15) is 24.4 Å². The molecule has 9 heteroatoms. The molecular formula is C10H12ClN5O2S. The average molecular weight is 302 g/mol. The van der Waals surface area contributed by atoms with Gasteiger partial charge in [-0.3, -0.25) is 0 Å². The van der Waals surface area contributed by atoms with Crippen LogP contribution in [-0.4, -0.2) is 29.0 Å². The summed E-state index contributed by atoms with van der Waals surface area (Å²) >= 11 is 5.95. The van der Waals surface area contributed by atoms with E-state index in [1.54, 1.807) is 19.1 Å². The van der Waals surface area contributed by atoms with Gasteiger partial charge in [-0.25, -0.2) is 13.1 Å². The van der Waals surface area contributed by atoms with Crippen molar-refractivity contribution in [2.75, 3.05) is 0 Å². The number of hydrogen-bond acceptors (Lipinski definition) is 5. The van der Waals surface area contributed by atoms with Gasteiger partial charge in [0.25, 0.3) is 0 Å². The van der Waals surface area contributed by atoms with Crippen molar-refractivity contribution in [2.45, 2.75) is 24.8 Å². The second kappa shape index (κ2) is 5.24. The van der Waals surface area contributed by atoms with Crippen LogP contribution in [0.2, 0.25) is 5.02 Å². The minimum atomic E-state index is -3.74. The zero-order chi connectivity index (χ0) is 14.0. The first-order valence-corrected chi connectivity index (χ1v) is 7.28. The summed E-state index contributed by atoms with van der Waals surface area (Å²) in [6.07, 6.45) is 0. The highest BCUT2D eigenvalue weighted by Gasteiger charge is 2.22. The Balaban J connectivity index is 2.28. The molecule has 0 aliphatic heterocycles. The number of tetrazole rings is 1. The summed E-state index contributed by atoms with van der Waals surface area (Å²) in [6.45, 7) is 3.45. The van der Waals surface area contributed by atoms with Crippen LogP contribution < -0.4 is 4.72 Å². The highest BCUT2D eigenvalue weighted by molar-refractivity contribution is 7.89. The summed E-state index contributed by atoms with van der Waals surface area (Å²) in [6, 6.07) is 4.12. The summed E-state index contributed by atoms with van der Waals surface area (Å²) in [5.41, 5.74) is 0.884. The molecule has 1 atom stereocenters. The fourth-order valence-corrected chi connectivity index (χ4v) is 3.33. The predicted molar refractivity (Wildman–Crippen MR) is 69.1 cm³/mol. The standard InChI is InChI=1S/C10H12ClN5O2S/c1-6-3-4-9(8(11)5-6)19(17,18)14-7(2)10-12-15-16-13-10/h3-5,7,14H,1-2H3,(H,12,13,15,16). The summed E-state index contributed by atoms with van der Waals surface area (Å²) < 4.78 is 26.8. The highest BCUT2D eigenvalue weighted by atomic mass is 35.5. The maximum absolute atomic E-state index is 12.2. The number of hydrogen-bond donors (Lipinski definition) is 2. The summed E-state index contributed by atoms with van der Waals surface area (Å²) in [4.78, 5) is 0.0233. The molecule has 0 fully saturated rings. The first-order chi connectivity index (χ1) is 8.90. The van der Waals surface area contributed by atoms with Crippen molar-refractivity contribution in [1.82, 2.24) is 25.3 Å². The zero-order valence-corrected chi connectivity index (χ0v) is 11.8. The smallest absolute Gasteiger partial charge is 0.207 e.